The van der Waals surface area contributed by atoms with Crippen LogP contribution in [-0.4, -0.2) is 60.0 Å². The van der Waals surface area contributed by atoms with Gasteiger partial charge in [-0.15, -0.1) is 0 Å². The fourth-order valence-corrected chi connectivity index (χ4v) is 3.84. The number of Topliss-reactive ketones (excluding diaryl/α,β-unsaturated/α-hetero) is 1. The van der Waals surface area contributed by atoms with E-state index in [0.717, 1.165) is 39.3 Å². The normalized spacial score (nSPS) is 24.0. The van der Waals surface area contributed by atoms with E-state index in [2.05, 4.69) is 34.1 Å². The number of aliphatic hydroxyl groups excluding tert-OH is 1. The summed E-state index contributed by atoms with van der Waals surface area (Å²) in [6, 6.07) is 8.97. The molecule has 2 aliphatic rings. The standard InChI is InChI=1S/C19H28N2O2/c22-12-11-20-8-2-5-18(15-20)17-4-1-3-16(13-17)14-21-9-6-19(23)7-10-21/h1,3-4,13,18,22H,2,5-12,14-15H2. The third-order valence-electron chi connectivity index (χ3n) is 5.16. The van der Waals surface area contributed by atoms with Gasteiger partial charge < -0.3 is 10.0 Å². The number of likely N-dealkylation sites (tertiary alicyclic amines) is 2. The van der Waals surface area contributed by atoms with E-state index in [4.69, 9.17) is 5.11 Å². The molecule has 0 spiro atoms. The molecule has 1 unspecified atom stereocenters. The van der Waals surface area contributed by atoms with E-state index in [9.17, 15) is 4.79 Å². The average molecular weight is 316 g/mol. The summed E-state index contributed by atoms with van der Waals surface area (Å²) in [6.07, 6.45) is 3.86. The minimum absolute atomic E-state index is 0.250. The Balaban J connectivity index is 1.61. The second kappa shape index (κ2) is 8.04. The molecule has 2 aliphatic heterocycles. The number of carbonyl (C=O) groups excluding carboxylic acids is 1. The molecule has 4 nitrogen and oxygen atoms in total. The number of rotatable bonds is 5. The Kier molecular flexibility index (Phi) is 5.81. The topological polar surface area (TPSA) is 43.8 Å². The summed E-state index contributed by atoms with van der Waals surface area (Å²) in [5.41, 5.74) is 2.79. The number of hydrogen-bond acceptors (Lipinski definition) is 4. The first-order valence-electron chi connectivity index (χ1n) is 8.90. The highest BCUT2D eigenvalue weighted by molar-refractivity contribution is 5.79. The molecule has 23 heavy (non-hydrogen) atoms. The third kappa shape index (κ3) is 4.63. The van der Waals surface area contributed by atoms with Gasteiger partial charge in [-0.1, -0.05) is 24.3 Å². The zero-order valence-corrected chi connectivity index (χ0v) is 13.9. The van der Waals surface area contributed by atoms with Crippen LogP contribution in [0.15, 0.2) is 24.3 Å². The lowest BCUT2D eigenvalue weighted by molar-refractivity contribution is -0.121. The summed E-state index contributed by atoms with van der Waals surface area (Å²) in [6.45, 7) is 5.96. The van der Waals surface area contributed by atoms with Gasteiger partial charge in [0.25, 0.3) is 0 Å². The highest BCUT2D eigenvalue weighted by Gasteiger charge is 2.21. The van der Waals surface area contributed by atoms with Gasteiger partial charge >= 0.3 is 0 Å². The Labute approximate surface area is 139 Å². The number of β-amino-alcohol motifs (C(OH)–C–C–N with tert-alkyl or cyclic N) is 1. The van der Waals surface area contributed by atoms with Crippen molar-refractivity contribution >= 4 is 5.78 Å². The summed E-state index contributed by atoms with van der Waals surface area (Å²) in [5, 5.41) is 9.15. The second-order valence-electron chi connectivity index (χ2n) is 6.92. The molecule has 1 aromatic rings. The summed E-state index contributed by atoms with van der Waals surface area (Å²) < 4.78 is 0. The third-order valence-corrected chi connectivity index (χ3v) is 5.16. The van der Waals surface area contributed by atoms with Gasteiger partial charge in [0, 0.05) is 45.6 Å². The molecule has 3 rings (SSSR count). The van der Waals surface area contributed by atoms with Crippen molar-refractivity contribution in [1.29, 1.82) is 0 Å². The van der Waals surface area contributed by atoms with Crippen LogP contribution in [0.4, 0.5) is 0 Å². The summed E-state index contributed by atoms with van der Waals surface area (Å²) in [4.78, 5) is 16.1. The molecule has 4 heteroatoms. The molecule has 0 aromatic heterocycles. The van der Waals surface area contributed by atoms with Crippen LogP contribution in [0, 0.1) is 0 Å². The lowest BCUT2D eigenvalue weighted by Crippen LogP contribution is -2.36. The first kappa shape index (κ1) is 16.6. The van der Waals surface area contributed by atoms with Crippen molar-refractivity contribution in [2.45, 2.75) is 38.1 Å². The molecule has 0 saturated carbocycles. The van der Waals surface area contributed by atoms with Gasteiger partial charge in [0.15, 0.2) is 0 Å². The lowest BCUT2D eigenvalue weighted by atomic mass is 9.89. The van der Waals surface area contributed by atoms with Crippen molar-refractivity contribution in [2.24, 2.45) is 0 Å². The van der Waals surface area contributed by atoms with Gasteiger partial charge in [-0.05, 0) is 36.4 Å². The molecule has 2 saturated heterocycles. The highest BCUT2D eigenvalue weighted by atomic mass is 16.3. The van der Waals surface area contributed by atoms with Crippen LogP contribution in [0.1, 0.15) is 42.7 Å². The Morgan fingerprint density at radius 1 is 1.13 bits per heavy atom. The van der Waals surface area contributed by atoms with Crippen LogP contribution in [0.2, 0.25) is 0 Å². The Morgan fingerprint density at radius 2 is 1.96 bits per heavy atom. The Hall–Kier alpha value is -1.23. The van der Waals surface area contributed by atoms with Crippen LogP contribution in [0.5, 0.6) is 0 Å². The second-order valence-corrected chi connectivity index (χ2v) is 6.92. The zero-order chi connectivity index (χ0) is 16.1. The molecular formula is C19H28N2O2. The summed E-state index contributed by atoms with van der Waals surface area (Å²) in [5.74, 6) is 0.986. The van der Waals surface area contributed by atoms with E-state index in [1.54, 1.807) is 0 Å². The van der Waals surface area contributed by atoms with E-state index in [1.807, 2.05) is 0 Å². The maximum atomic E-state index is 11.4. The van der Waals surface area contributed by atoms with E-state index < -0.39 is 0 Å². The predicted octanol–water partition coefficient (Wildman–Crippen LogP) is 2.02. The van der Waals surface area contributed by atoms with Gasteiger partial charge in [-0.2, -0.15) is 0 Å². The largest absolute Gasteiger partial charge is 0.395 e. The van der Waals surface area contributed by atoms with Crippen molar-refractivity contribution in [2.75, 3.05) is 39.3 Å². The minimum Gasteiger partial charge on any atom is -0.395 e. The SMILES string of the molecule is O=C1CCN(Cc2cccc(C3CCCN(CCO)C3)c2)CC1. The molecule has 1 aromatic carbocycles. The maximum absolute atomic E-state index is 11.4. The average Bonchev–Trinajstić information content (AvgIpc) is 2.58. The number of benzene rings is 1. The van der Waals surface area contributed by atoms with Gasteiger partial charge in [-0.3, -0.25) is 9.69 Å². The number of nitrogens with zero attached hydrogens (tertiary/aromatic N) is 2. The fraction of sp³-hybridized carbons (Fsp3) is 0.632. The van der Waals surface area contributed by atoms with Crippen LogP contribution >= 0.6 is 0 Å². The smallest absolute Gasteiger partial charge is 0.135 e. The van der Waals surface area contributed by atoms with Gasteiger partial charge in [-0.25, -0.2) is 0 Å². The van der Waals surface area contributed by atoms with Crippen LogP contribution in [0.25, 0.3) is 0 Å². The molecule has 126 valence electrons. The van der Waals surface area contributed by atoms with Crippen LogP contribution in [0.3, 0.4) is 0 Å². The predicted molar refractivity (Wildman–Crippen MR) is 91.5 cm³/mol. The Morgan fingerprint density at radius 3 is 2.74 bits per heavy atom. The first-order valence-corrected chi connectivity index (χ1v) is 8.90. The van der Waals surface area contributed by atoms with Crippen molar-refractivity contribution in [3.63, 3.8) is 0 Å². The highest BCUT2D eigenvalue weighted by Crippen LogP contribution is 2.27. The summed E-state index contributed by atoms with van der Waals surface area (Å²) in [7, 11) is 0. The monoisotopic (exact) mass is 316 g/mol. The van der Waals surface area contributed by atoms with Crippen molar-refractivity contribution in [3.05, 3.63) is 35.4 Å². The molecule has 0 radical (unpaired) electrons. The number of hydrogen-bond donors (Lipinski definition) is 1. The molecule has 1 N–H and O–H groups in total. The quantitative estimate of drug-likeness (QED) is 0.903. The van der Waals surface area contributed by atoms with E-state index in [-0.39, 0.29) is 6.61 Å². The zero-order valence-electron chi connectivity index (χ0n) is 13.9. The molecule has 0 aliphatic carbocycles. The van der Waals surface area contributed by atoms with Gasteiger partial charge in [0.05, 0.1) is 6.61 Å². The van der Waals surface area contributed by atoms with Crippen LogP contribution in [-0.2, 0) is 11.3 Å². The van der Waals surface area contributed by atoms with Crippen molar-refractivity contribution in [1.82, 2.24) is 9.80 Å². The van der Waals surface area contributed by atoms with E-state index >= 15 is 0 Å². The van der Waals surface area contributed by atoms with Crippen molar-refractivity contribution < 1.29 is 9.90 Å². The fourth-order valence-electron chi connectivity index (χ4n) is 3.84. The molecule has 2 heterocycles. The molecule has 0 amide bonds. The minimum atomic E-state index is 0.250. The Bertz CT molecular complexity index is 520. The van der Waals surface area contributed by atoms with Crippen LogP contribution < -0.4 is 0 Å². The van der Waals surface area contributed by atoms with E-state index in [0.29, 0.717) is 24.5 Å². The summed E-state index contributed by atoms with van der Waals surface area (Å²) >= 11 is 0. The van der Waals surface area contributed by atoms with Crippen molar-refractivity contribution in [3.8, 4) is 0 Å². The maximum Gasteiger partial charge on any atom is 0.135 e. The molecule has 0 bridgehead atoms. The molecule has 2 fully saturated rings. The first-order chi connectivity index (χ1) is 11.2. The molecular weight excluding hydrogens is 288 g/mol. The number of piperidine rings is 2. The number of aliphatic hydroxyl groups is 1. The van der Waals surface area contributed by atoms with E-state index in [1.165, 1.54) is 24.0 Å². The number of carbonyl (C=O) groups is 1. The van der Waals surface area contributed by atoms with Gasteiger partial charge in [0.1, 0.15) is 5.78 Å². The number of ketones is 1. The van der Waals surface area contributed by atoms with Gasteiger partial charge in [0.2, 0.25) is 0 Å². The lowest BCUT2D eigenvalue weighted by Gasteiger charge is -2.33. The molecule has 1 atom stereocenters.